The van der Waals surface area contributed by atoms with E-state index in [2.05, 4.69) is 23.7 Å². The molecular formula is C29H38ClN3O9P2. The molecule has 15 heteroatoms. The number of hydrogen-bond donors (Lipinski definition) is 4. The molecular weight excluding hydrogens is 632 g/mol. The van der Waals surface area contributed by atoms with Gasteiger partial charge >= 0.3 is 21.3 Å². The van der Waals surface area contributed by atoms with Crippen molar-refractivity contribution in [1.82, 2.24) is 9.88 Å². The Bertz CT molecular complexity index is 1520. The monoisotopic (exact) mass is 669 g/mol. The second kappa shape index (κ2) is 15.6. The molecule has 3 aromatic rings. The molecule has 0 fully saturated rings. The highest BCUT2D eigenvalue weighted by atomic mass is 35.5. The summed E-state index contributed by atoms with van der Waals surface area (Å²) in [5.74, 6) is -0.848. The summed E-state index contributed by atoms with van der Waals surface area (Å²) in [5.41, 5.74) is 1.77. The number of Topliss-reactive ketones (excluding diaryl/α,β-unsaturated/α-hetero) is 1. The number of carbonyl (C=O) groups excluding carboxylic acids is 2. The zero-order valence-electron chi connectivity index (χ0n) is 24.7. The molecule has 0 bridgehead atoms. The second-order valence-electron chi connectivity index (χ2n) is 10.4. The largest absolute Gasteiger partial charge is 0.444 e. The average Bonchev–Trinajstić information content (AvgIpc) is 2.96. The molecule has 0 saturated heterocycles. The molecule has 4 N–H and O–H groups in total. The Morgan fingerprint density at radius 1 is 0.977 bits per heavy atom. The van der Waals surface area contributed by atoms with Gasteiger partial charge in [0.15, 0.2) is 11.2 Å². The van der Waals surface area contributed by atoms with Gasteiger partial charge in [0.2, 0.25) is 0 Å². The quantitative estimate of drug-likeness (QED) is 0.114. The standard InChI is InChI=1S/C29H38ClN3O9P2/c1-4-32(5-2)16-6-7-20(3)33(26-14-15-31-25-17-23(30)12-13-24(25)26)29(35)42-19-21-8-10-22(11-9-21)27(34)18-28(43(36,37)38)44(39,40)41/h8-15,17,20,28H,4-7,16,18-19H2,1-3H3,(H2,36,37,38)(H2,39,40,41). The number of pyridine rings is 1. The van der Waals surface area contributed by atoms with Crippen LogP contribution in [0.25, 0.3) is 10.9 Å². The lowest BCUT2D eigenvalue weighted by Crippen LogP contribution is -2.40. The molecule has 1 atom stereocenters. The van der Waals surface area contributed by atoms with Crippen LogP contribution >= 0.6 is 26.8 Å². The van der Waals surface area contributed by atoms with Gasteiger partial charge in [-0.25, -0.2) is 4.79 Å². The predicted octanol–water partition coefficient (Wildman–Crippen LogP) is 5.80. The summed E-state index contributed by atoms with van der Waals surface area (Å²) in [5, 5.41) is -1.18. The van der Waals surface area contributed by atoms with E-state index >= 15 is 0 Å². The van der Waals surface area contributed by atoms with Gasteiger partial charge in [-0.15, -0.1) is 0 Å². The van der Waals surface area contributed by atoms with E-state index in [9.17, 15) is 38.3 Å². The molecule has 1 amide bonds. The van der Waals surface area contributed by atoms with E-state index in [0.29, 0.717) is 28.2 Å². The van der Waals surface area contributed by atoms with Crippen molar-refractivity contribution < 1.29 is 43.0 Å². The van der Waals surface area contributed by atoms with Gasteiger partial charge in [-0.2, -0.15) is 0 Å². The van der Waals surface area contributed by atoms with E-state index in [1.54, 1.807) is 29.3 Å². The first-order valence-corrected chi connectivity index (χ1v) is 17.8. The minimum Gasteiger partial charge on any atom is -0.444 e. The fraction of sp³-hybridized carbons (Fsp3) is 0.414. The summed E-state index contributed by atoms with van der Waals surface area (Å²) >= 11 is 6.17. The summed E-state index contributed by atoms with van der Waals surface area (Å²) in [6.45, 7) is 8.78. The fourth-order valence-corrected chi connectivity index (χ4v) is 7.37. The first kappa shape index (κ1) is 35.8. The summed E-state index contributed by atoms with van der Waals surface area (Å²) < 4.78 is 28.8. The number of ether oxygens (including phenoxy) is 1. The van der Waals surface area contributed by atoms with E-state index in [1.807, 2.05) is 13.0 Å². The van der Waals surface area contributed by atoms with Crippen LogP contribution in [0.4, 0.5) is 10.5 Å². The first-order chi connectivity index (χ1) is 20.6. The van der Waals surface area contributed by atoms with Gasteiger partial charge in [0.25, 0.3) is 0 Å². The number of hydrogen-bond acceptors (Lipinski definition) is 7. The van der Waals surface area contributed by atoms with Gasteiger partial charge in [0.05, 0.1) is 11.2 Å². The third-order valence-electron chi connectivity index (χ3n) is 7.35. The summed E-state index contributed by atoms with van der Waals surface area (Å²) in [4.78, 5) is 71.7. The van der Waals surface area contributed by atoms with E-state index in [-0.39, 0.29) is 18.2 Å². The zero-order valence-corrected chi connectivity index (χ0v) is 27.3. The van der Waals surface area contributed by atoms with E-state index in [0.717, 1.165) is 31.4 Å². The molecule has 3 rings (SSSR count). The van der Waals surface area contributed by atoms with Crippen LogP contribution in [0.5, 0.6) is 0 Å². The lowest BCUT2D eigenvalue weighted by atomic mass is 10.1. The number of fused-ring (bicyclic) bond motifs is 1. The van der Waals surface area contributed by atoms with Gasteiger partial charge in [-0.3, -0.25) is 23.8 Å². The maximum Gasteiger partial charge on any atom is 0.414 e. The zero-order chi connectivity index (χ0) is 32.7. The van der Waals surface area contributed by atoms with E-state index in [1.165, 1.54) is 24.3 Å². The Kier molecular flexibility index (Phi) is 12.7. The van der Waals surface area contributed by atoms with Crippen LogP contribution in [-0.4, -0.2) is 72.4 Å². The minimum atomic E-state index is -5.24. The Balaban J connectivity index is 1.78. The van der Waals surface area contributed by atoms with Crippen LogP contribution in [0.3, 0.4) is 0 Å². The number of nitrogens with zero attached hydrogens (tertiary/aromatic N) is 3. The highest BCUT2D eigenvalue weighted by Gasteiger charge is 2.44. The molecule has 0 aliphatic rings. The normalized spacial score (nSPS) is 13.0. The topological polar surface area (TPSA) is 178 Å². The van der Waals surface area contributed by atoms with Crippen molar-refractivity contribution in [3.05, 3.63) is 70.9 Å². The van der Waals surface area contributed by atoms with Crippen LogP contribution in [0.1, 0.15) is 56.0 Å². The third kappa shape index (κ3) is 9.67. The molecule has 0 radical (unpaired) electrons. The molecule has 1 aromatic heterocycles. The van der Waals surface area contributed by atoms with Crippen molar-refractivity contribution >= 4 is 55.3 Å². The number of halogens is 1. The summed E-state index contributed by atoms with van der Waals surface area (Å²) in [6, 6.07) is 12.5. The van der Waals surface area contributed by atoms with Crippen LogP contribution in [0.2, 0.25) is 5.02 Å². The number of aromatic nitrogens is 1. The number of carbonyl (C=O) groups is 2. The molecule has 44 heavy (non-hydrogen) atoms. The molecule has 240 valence electrons. The maximum atomic E-state index is 13.6. The van der Waals surface area contributed by atoms with Crippen molar-refractivity contribution in [1.29, 1.82) is 0 Å². The summed E-state index contributed by atoms with van der Waals surface area (Å²) in [7, 11) is -10.5. The van der Waals surface area contributed by atoms with Crippen LogP contribution in [-0.2, 0) is 20.5 Å². The fourth-order valence-electron chi connectivity index (χ4n) is 4.83. The lowest BCUT2D eigenvalue weighted by molar-refractivity contribution is 0.0980. The second-order valence-corrected chi connectivity index (χ2v) is 14.9. The van der Waals surface area contributed by atoms with E-state index < -0.39 is 38.9 Å². The molecule has 1 unspecified atom stereocenters. The highest BCUT2D eigenvalue weighted by molar-refractivity contribution is 7.70. The SMILES string of the molecule is CCN(CC)CCCC(C)N(C(=O)OCc1ccc(C(=O)CC(P(=O)(O)O)P(=O)(O)O)cc1)c1ccnc2cc(Cl)ccc12. The van der Waals surface area contributed by atoms with E-state index in [4.69, 9.17) is 16.3 Å². The van der Waals surface area contributed by atoms with Gasteiger partial charge in [0.1, 0.15) is 6.61 Å². The Morgan fingerprint density at radius 3 is 2.20 bits per heavy atom. The number of rotatable bonds is 15. The molecule has 1 heterocycles. The number of amides is 1. The minimum absolute atomic E-state index is 0.00246. The average molecular weight is 670 g/mol. The molecule has 0 saturated carbocycles. The van der Waals surface area contributed by atoms with Gasteiger partial charge in [-0.05, 0) is 69.2 Å². The van der Waals surface area contributed by atoms with Gasteiger partial charge < -0.3 is 29.2 Å². The van der Waals surface area contributed by atoms with Crippen LogP contribution in [0.15, 0.2) is 54.7 Å². The Hall–Kier alpha value is -2.66. The molecule has 0 aliphatic carbocycles. The highest BCUT2D eigenvalue weighted by Crippen LogP contribution is 2.61. The number of ketones is 1. The number of benzene rings is 2. The van der Waals surface area contributed by atoms with Crippen molar-refractivity contribution in [3.8, 4) is 0 Å². The number of anilines is 1. The van der Waals surface area contributed by atoms with Crippen molar-refractivity contribution in [2.24, 2.45) is 0 Å². The van der Waals surface area contributed by atoms with Crippen LogP contribution < -0.4 is 4.90 Å². The van der Waals surface area contributed by atoms with Crippen molar-refractivity contribution in [2.45, 2.75) is 58.1 Å². The first-order valence-electron chi connectivity index (χ1n) is 14.1. The Morgan fingerprint density at radius 2 is 1.61 bits per heavy atom. The van der Waals surface area contributed by atoms with Gasteiger partial charge in [-0.1, -0.05) is 49.7 Å². The van der Waals surface area contributed by atoms with Gasteiger partial charge in [0, 0.05) is 34.6 Å². The Labute approximate surface area is 261 Å². The smallest absolute Gasteiger partial charge is 0.414 e. The maximum absolute atomic E-state index is 13.6. The summed E-state index contributed by atoms with van der Waals surface area (Å²) in [6.07, 6.45) is 1.56. The molecule has 12 nitrogen and oxygen atoms in total. The van der Waals surface area contributed by atoms with Crippen LogP contribution in [0, 0.1) is 0 Å². The van der Waals surface area contributed by atoms with Crippen molar-refractivity contribution in [3.63, 3.8) is 0 Å². The predicted molar refractivity (Wildman–Crippen MR) is 169 cm³/mol. The molecule has 0 aliphatic heterocycles. The molecule has 2 aromatic carbocycles. The lowest BCUT2D eigenvalue weighted by Gasteiger charge is -2.30. The molecule has 0 spiro atoms. The third-order valence-corrected chi connectivity index (χ3v) is 11.3. The van der Waals surface area contributed by atoms with Crippen molar-refractivity contribution in [2.75, 3.05) is 24.5 Å².